The number of nitrogens with zero attached hydrogens (tertiary/aromatic N) is 5. The van der Waals surface area contributed by atoms with Crippen LogP contribution in [0, 0.1) is 18.3 Å². The highest BCUT2D eigenvalue weighted by molar-refractivity contribution is 5.59. The van der Waals surface area contributed by atoms with E-state index in [0.29, 0.717) is 11.4 Å². The van der Waals surface area contributed by atoms with Crippen molar-refractivity contribution in [2.75, 3.05) is 0 Å². The Balaban J connectivity index is 2.20. The van der Waals surface area contributed by atoms with Crippen LogP contribution in [0.2, 0.25) is 0 Å². The van der Waals surface area contributed by atoms with Gasteiger partial charge in [0.15, 0.2) is 5.82 Å². The van der Waals surface area contributed by atoms with Crippen LogP contribution in [0.5, 0.6) is 0 Å². The molecule has 0 saturated heterocycles. The van der Waals surface area contributed by atoms with E-state index in [2.05, 4.69) is 15.0 Å². The summed E-state index contributed by atoms with van der Waals surface area (Å²) >= 11 is 0. The summed E-state index contributed by atoms with van der Waals surface area (Å²) in [6, 6.07) is 5.96. The molecule has 0 aliphatic rings. The predicted octanol–water partition coefficient (Wildman–Crippen LogP) is 1.97. The van der Waals surface area contributed by atoms with Gasteiger partial charge in [0.1, 0.15) is 17.4 Å². The predicted molar refractivity (Wildman–Crippen MR) is 65.7 cm³/mol. The molecular weight excluding hydrogens is 226 g/mol. The van der Waals surface area contributed by atoms with E-state index in [1.54, 1.807) is 6.20 Å². The zero-order valence-corrected chi connectivity index (χ0v) is 9.70. The summed E-state index contributed by atoms with van der Waals surface area (Å²) in [7, 11) is 0. The number of fused-ring (bicyclic) bond motifs is 1. The van der Waals surface area contributed by atoms with Gasteiger partial charge in [0.05, 0.1) is 11.8 Å². The smallest absolute Gasteiger partial charge is 0.178 e. The lowest BCUT2D eigenvalue weighted by Gasteiger charge is -2.01. The summed E-state index contributed by atoms with van der Waals surface area (Å²) < 4.78 is 1.94. The average Bonchev–Trinajstić information content (AvgIpc) is 2.84. The van der Waals surface area contributed by atoms with Gasteiger partial charge in [-0.15, -0.1) is 0 Å². The Morgan fingerprint density at radius 3 is 2.67 bits per heavy atom. The summed E-state index contributed by atoms with van der Waals surface area (Å²) in [6.45, 7) is 2.01. The van der Waals surface area contributed by atoms with E-state index in [0.717, 1.165) is 16.9 Å². The van der Waals surface area contributed by atoms with Gasteiger partial charge in [-0.2, -0.15) is 5.26 Å². The fraction of sp³-hybridized carbons (Fsp3) is 0.0769. The third-order valence-electron chi connectivity index (χ3n) is 2.74. The SMILES string of the molecule is Cc1cccn2c(-c3ncc(C#N)cn3)cnc12. The number of hydrogen-bond acceptors (Lipinski definition) is 4. The zero-order chi connectivity index (χ0) is 12.5. The topological polar surface area (TPSA) is 66.9 Å². The van der Waals surface area contributed by atoms with Crippen molar-refractivity contribution in [2.24, 2.45) is 0 Å². The van der Waals surface area contributed by atoms with Crippen molar-refractivity contribution in [2.45, 2.75) is 6.92 Å². The molecule has 5 nitrogen and oxygen atoms in total. The minimum Gasteiger partial charge on any atom is -0.297 e. The highest BCUT2D eigenvalue weighted by Gasteiger charge is 2.09. The van der Waals surface area contributed by atoms with Crippen LogP contribution in [0.3, 0.4) is 0 Å². The lowest BCUT2D eigenvalue weighted by atomic mass is 10.3. The minimum atomic E-state index is 0.448. The monoisotopic (exact) mass is 235 g/mol. The molecule has 0 bridgehead atoms. The van der Waals surface area contributed by atoms with Crippen molar-refractivity contribution in [1.29, 1.82) is 5.26 Å². The van der Waals surface area contributed by atoms with Crippen LogP contribution in [-0.4, -0.2) is 19.4 Å². The van der Waals surface area contributed by atoms with Gasteiger partial charge < -0.3 is 0 Å². The molecule has 0 saturated carbocycles. The molecule has 0 radical (unpaired) electrons. The van der Waals surface area contributed by atoms with Crippen molar-refractivity contribution in [1.82, 2.24) is 19.4 Å². The second-order valence-corrected chi connectivity index (χ2v) is 3.94. The van der Waals surface area contributed by atoms with Gasteiger partial charge in [-0.3, -0.25) is 4.40 Å². The molecular formula is C13H9N5. The first-order valence-corrected chi connectivity index (χ1v) is 5.45. The fourth-order valence-corrected chi connectivity index (χ4v) is 1.83. The zero-order valence-electron chi connectivity index (χ0n) is 9.70. The maximum Gasteiger partial charge on any atom is 0.178 e. The molecule has 3 aromatic heterocycles. The van der Waals surface area contributed by atoms with Crippen LogP contribution in [0.1, 0.15) is 11.1 Å². The maximum atomic E-state index is 8.72. The Bertz CT molecular complexity index is 749. The standard InChI is InChI=1S/C13H9N5/c1-9-3-2-4-18-11(8-17-13(9)18)12-15-6-10(5-14)7-16-12/h2-4,6-8H,1H3. The maximum absolute atomic E-state index is 8.72. The average molecular weight is 235 g/mol. The summed E-state index contributed by atoms with van der Waals surface area (Å²) in [5.41, 5.74) is 3.25. The highest BCUT2D eigenvalue weighted by Crippen LogP contribution is 2.18. The summed E-state index contributed by atoms with van der Waals surface area (Å²) in [6.07, 6.45) is 6.69. The molecule has 0 aromatic carbocycles. The first-order chi connectivity index (χ1) is 8.79. The number of hydrogen-bond donors (Lipinski definition) is 0. The quantitative estimate of drug-likeness (QED) is 0.646. The lowest BCUT2D eigenvalue weighted by molar-refractivity contribution is 1.09. The van der Waals surface area contributed by atoms with E-state index in [1.165, 1.54) is 12.4 Å². The Kier molecular flexibility index (Phi) is 2.27. The van der Waals surface area contributed by atoms with Gasteiger partial charge in [-0.05, 0) is 18.6 Å². The molecule has 0 N–H and O–H groups in total. The number of rotatable bonds is 1. The van der Waals surface area contributed by atoms with Crippen molar-refractivity contribution in [3.05, 3.63) is 48.0 Å². The van der Waals surface area contributed by atoms with E-state index in [-0.39, 0.29) is 0 Å². The van der Waals surface area contributed by atoms with Crippen LogP contribution < -0.4 is 0 Å². The Labute approximate surface area is 103 Å². The number of imidazole rings is 1. The first kappa shape index (κ1) is 10.4. The van der Waals surface area contributed by atoms with Crippen LogP contribution in [0.25, 0.3) is 17.2 Å². The Morgan fingerprint density at radius 2 is 1.94 bits per heavy atom. The molecule has 0 amide bonds. The lowest BCUT2D eigenvalue weighted by Crippen LogP contribution is -1.94. The van der Waals surface area contributed by atoms with E-state index in [4.69, 9.17) is 5.26 Å². The molecule has 0 spiro atoms. The third-order valence-corrected chi connectivity index (χ3v) is 2.74. The van der Waals surface area contributed by atoms with Crippen molar-refractivity contribution >= 4 is 5.65 Å². The molecule has 5 heteroatoms. The number of nitriles is 1. The van der Waals surface area contributed by atoms with Crippen molar-refractivity contribution < 1.29 is 0 Å². The van der Waals surface area contributed by atoms with Crippen molar-refractivity contribution in [3.8, 4) is 17.6 Å². The van der Waals surface area contributed by atoms with E-state index in [1.807, 2.05) is 35.7 Å². The molecule has 0 fully saturated rings. The molecule has 3 heterocycles. The second kappa shape index (κ2) is 3.93. The molecule has 0 unspecified atom stereocenters. The molecule has 0 aliphatic carbocycles. The van der Waals surface area contributed by atoms with Gasteiger partial charge >= 0.3 is 0 Å². The first-order valence-electron chi connectivity index (χ1n) is 5.45. The Morgan fingerprint density at radius 1 is 1.17 bits per heavy atom. The van der Waals surface area contributed by atoms with Gasteiger partial charge in [0.25, 0.3) is 0 Å². The number of aromatic nitrogens is 4. The summed E-state index contributed by atoms with van der Waals surface area (Å²) in [5, 5.41) is 8.72. The van der Waals surface area contributed by atoms with Crippen molar-refractivity contribution in [3.63, 3.8) is 0 Å². The van der Waals surface area contributed by atoms with Gasteiger partial charge in [0, 0.05) is 18.6 Å². The molecule has 0 atom stereocenters. The molecule has 3 aromatic rings. The third kappa shape index (κ3) is 1.52. The van der Waals surface area contributed by atoms with Crippen LogP contribution in [0.15, 0.2) is 36.9 Å². The van der Waals surface area contributed by atoms with E-state index >= 15 is 0 Å². The van der Waals surface area contributed by atoms with E-state index < -0.39 is 0 Å². The number of aryl methyl sites for hydroxylation is 1. The van der Waals surface area contributed by atoms with Crippen LogP contribution in [0.4, 0.5) is 0 Å². The molecule has 3 rings (SSSR count). The highest BCUT2D eigenvalue weighted by atomic mass is 15.0. The molecule has 18 heavy (non-hydrogen) atoms. The van der Waals surface area contributed by atoms with Crippen LogP contribution >= 0.6 is 0 Å². The molecule has 86 valence electrons. The van der Waals surface area contributed by atoms with Gasteiger partial charge in [-0.1, -0.05) is 6.07 Å². The fourth-order valence-electron chi connectivity index (χ4n) is 1.83. The summed E-state index contributed by atoms with van der Waals surface area (Å²) in [5.74, 6) is 0.562. The van der Waals surface area contributed by atoms with Crippen LogP contribution in [-0.2, 0) is 0 Å². The Hall–Kier alpha value is -2.74. The second-order valence-electron chi connectivity index (χ2n) is 3.94. The summed E-state index contributed by atoms with van der Waals surface area (Å²) in [4.78, 5) is 12.7. The minimum absolute atomic E-state index is 0.448. The van der Waals surface area contributed by atoms with E-state index in [9.17, 15) is 0 Å². The number of pyridine rings is 1. The largest absolute Gasteiger partial charge is 0.297 e. The van der Waals surface area contributed by atoms with Gasteiger partial charge in [0.2, 0.25) is 0 Å². The van der Waals surface area contributed by atoms with Gasteiger partial charge in [-0.25, -0.2) is 15.0 Å². The normalized spacial score (nSPS) is 10.4. The molecule has 0 aliphatic heterocycles.